The summed E-state index contributed by atoms with van der Waals surface area (Å²) in [6, 6.07) is 9.22. The van der Waals surface area contributed by atoms with Crippen LogP contribution in [0.4, 0.5) is 5.69 Å². The van der Waals surface area contributed by atoms with Crippen molar-refractivity contribution >= 4 is 21.8 Å². The number of nitrogens with one attached hydrogen (secondary N) is 1. The lowest BCUT2D eigenvalue weighted by Crippen LogP contribution is -2.46. The van der Waals surface area contributed by atoms with Crippen molar-refractivity contribution in [3.63, 3.8) is 0 Å². The number of nitrogens with zero attached hydrogens (tertiary/aromatic N) is 3. The van der Waals surface area contributed by atoms with Crippen LogP contribution in [-0.4, -0.2) is 49.6 Å². The molecule has 8 heteroatoms. The number of para-hydroxylation sites is 1. The van der Waals surface area contributed by atoms with Gasteiger partial charge in [0.15, 0.2) is 0 Å². The highest BCUT2D eigenvalue weighted by atomic mass is 32.2. The first-order valence-corrected chi connectivity index (χ1v) is 9.16. The SMILES string of the molecule is CCCN(CC(=O)Nc1ccccc1C)S(=O)(=O)N(C)CCC#N. The molecule has 0 aliphatic carbocycles. The van der Waals surface area contributed by atoms with Crippen LogP contribution in [0, 0.1) is 18.3 Å². The third-order valence-electron chi connectivity index (χ3n) is 3.47. The Morgan fingerprint density at radius 1 is 1.29 bits per heavy atom. The minimum atomic E-state index is -3.78. The van der Waals surface area contributed by atoms with Gasteiger partial charge in [-0.15, -0.1) is 0 Å². The number of hydrogen-bond acceptors (Lipinski definition) is 4. The van der Waals surface area contributed by atoms with Gasteiger partial charge < -0.3 is 5.32 Å². The fourth-order valence-corrected chi connectivity index (χ4v) is 3.52. The second-order valence-corrected chi connectivity index (χ2v) is 7.47. The third kappa shape index (κ3) is 5.60. The molecule has 1 rings (SSSR count). The summed E-state index contributed by atoms with van der Waals surface area (Å²) in [7, 11) is -2.37. The van der Waals surface area contributed by atoms with Crippen LogP contribution in [0.15, 0.2) is 24.3 Å². The van der Waals surface area contributed by atoms with Gasteiger partial charge in [-0.3, -0.25) is 4.79 Å². The molecule has 0 aliphatic rings. The van der Waals surface area contributed by atoms with E-state index in [2.05, 4.69) is 5.32 Å². The Morgan fingerprint density at radius 2 is 1.96 bits per heavy atom. The topological polar surface area (TPSA) is 93.5 Å². The van der Waals surface area contributed by atoms with Crippen LogP contribution < -0.4 is 5.32 Å². The molecule has 0 radical (unpaired) electrons. The molecule has 7 nitrogen and oxygen atoms in total. The number of carbonyl (C=O) groups excluding carboxylic acids is 1. The monoisotopic (exact) mass is 352 g/mol. The van der Waals surface area contributed by atoms with Crippen molar-refractivity contribution in [2.24, 2.45) is 0 Å². The van der Waals surface area contributed by atoms with E-state index in [0.717, 1.165) is 14.2 Å². The van der Waals surface area contributed by atoms with E-state index < -0.39 is 16.1 Å². The second-order valence-electron chi connectivity index (χ2n) is 5.43. The maximum Gasteiger partial charge on any atom is 0.282 e. The molecule has 0 fully saturated rings. The lowest BCUT2D eigenvalue weighted by atomic mass is 10.2. The first-order chi connectivity index (χ1) is 11.3. The molecule has 0 saturated carbocycles. The van der Waals surface area contributed by atoms with E-state index in [1.807, 2.05) is 32.0 Å². The van der Waals surface area contributed by atoms with E-state index in [4.69, 9.17) is 5.26 Å². The van der Waals surface area contributed by atoms with Gasteiger partial charge in [-0.1, -0.05) is 25.1 Å². The first-order valence-electron chi connectivity index (χ1n) is 7.76. The van der Waals surface area contributed by atoms with Gasteiger partial charge in [-0.25, -0.2) is 0 Å². The van der Waals surface area contributed by atoms with Crippen molar-refractivity contribution in [3.05, 3.63) is 29.8 Å². The summed E-state index contributed by atoms with van der Waals surface area (Å²) in [5, 5.41) is 11.3. The van der Waals surface area contributed by atoms with Gasteiger partial charge in [-0.05, 0) is 25.0 Å². The number of hydrogen-bond donors (Lipinski definition) is 1. The van der Waals surface area contributed by atoms with Crippen LogP contribution in [0.2, 0.25) is 0 Å². The average Bonchev–Trinajstić information content (AvgIpc) is 2.54. The summed E-state index contributed by atoms with van der Waals surface area (Å²) >= 11 is 0. The zero-order valence-corrected chi connectivity index (χ0v) is 15.1. The number of amides is 1. The van der Waals surface area contributed by atoms with E-state index in [-0.39, 0.29) is 26.1 Å². The molecular weight excluding hydrogens is 328 g/mol. The van der Waals surface area contributed by atoms with Gasteiger partial charge in [0, 0.05) is 32.2 Å². The van der Waals surface area contributed by atoms with Crippen LogP contribution in [0.1, 0.15) is 25.3 Å². The summed E-state index contributed by atoms with van der Waals surface area (Å²) in [5.41, 5.74) is 1.57. The van der Waals surface area contributed by atoms with Gasteiger partial charge >= 0.3 is 0 Å². The lowest BCUT2D eigenvalue weighted by molar-refractivity contribution is -0.116. The molecule has 1 amide bonds. The Labute approximate surface area is 144 Å². The molecule has 0 aliphatic heterocycles. The van der Waals surface area contributed by atoms with Crippen LogP contribution in [0.5, 0.6) is 0 Å². The zero-order valence-electron chi connectivity index (χ0n) is 14.3. The molecule has 0 heterocycles. The molecule has 0 bridgehead atoms. The smallest absolute Gasteiger partial charge is 0.282 e. The summed E-state index contributed by atoms with van der Waals surface area (Å²) < 4.78 is 27.3. The number of nitriles is 1. The number of benzene rings is 1. The first kappa shape index (κ1) is 20.1. The van der Waals surface area contributed by atoms with Crippen molar-refractivity contribution in [1.82, 2.24) is 8.61 Å². The third-order valence-corrected chi connectivity index (χ3v) is 5.41. The molecule has 24 heavy (non-hydrogen) atoms. The molecule has 1 aromatic carbocycles. The maximum absolute atomic E-state index is 12.5. The van der Waals surface area contributed by atoms with E-state index in [1.54, 1.807) is 12.1 Å². The molecular formula is C16H24N4O3S. The number of aryl methyl sites for hydroxylation is 1. The minimum Gasteiger partial charge on any atom is -0.325 e. The molecule has 0 saturated heterocycles. The molecule has 0 unspecified atom stereocenters. The van der Waals surface area contributed by atoms with E-state index in [1.165, 1.54) is 7.05 Å². The van der Waals surface area contributed by atoms with Crippen LogP contribution in [0.3, 0.4) is 0 Å². The Kier molecular flexibility index (Phi) is 7.85. The highest BCUT2D eigenvalue weighted by Crippen LogP contribution is 2.14. The highest BCUT2D eigenvalue weighted by molar-refractivity contribution is 7.86. The van der Waals surface area contributed by atoms with Crippen LogP contribution in [0.25, 0.3) is 0 Å². The van der Waals surface area contributed by atoms with Gasteiger partial charge in [0.25, 0.3) is 10.2 Å². The van der Waals surface area contributed by atoms with Gasteiger partial charge in [0.05, 0.1) is 12.6 Å². The Bertz CT molecular complexity index is 698. The van der Waals surface area contributed by atoms with Crippen molar-refractivity contribution in [3.8, 4) is 6.07 Å². The van der Waals surface area contributed by atoms with Gasteiger partial charge in [0.1, 0.15) is 0 Å². The normalized spacial score (nSPS) is 11.5. The zero-order chi connectivity index (χ0) is 18.2. The molecule has 1 N–H and O–H groups in total. The lowest BCUT2D eigenvalue weighted by Gasteiger charge is -2.26. The van der Waals surface area contributed by atoms with Crippen molar-refractivity contribution in [2.75, 3.05) is 32.0 Å². The van der Waals surface area contributed by atoms with Crippen LogP contribution in [-0.2, 0) is 15.0 Å². The Balaban J connectivity index is 2.83. The Hall–Kier alpha value is -1.95. The maximum atomic E-state index is 12.5. The van der Waals surface area contributed by atoms with E-state index in [0.29, 0.717) is 12.1 Å². The summed E-state index contributed by atoms with van der Waals surface area (Å²) in [6.07, 6.45) is 0.689. The fraction of sp³-hybridized carbons (Fsp3) is 0.500. The van der Waals surface area contributed by atoms with Crippen molar-refractivity contribution in [1.29, 1.82) is 5.26 Å². The predicted molar refractivity (Wildman–Crippen MR) is 93.5 cm³/mol. The van der Waals surface area contributed by atoms with E-state index >= 15 is 0 Å². The van der Waals surface area contributed by atoms with Gasteiger partial charge in [-0.2, -0.15) is 22.3 Å². The highest BCUT2D eigenvalue weighted by Gasteiger charge is 2.28. The fourth-order valence-electron chi connectivity index (χ4n) is 2.11. The molecule has 0 spiro atoms. The quantitative estimate of drug-likeness (QED) is 0.732. The summed E-state index contributed by atoms with van der Waals surface area (Å²) in [4.78, 5) is 12.2. The number of carbonyl (C=O) groups is 1. The second kappa shape index (κ2) is 9.37. The summed E-state index contributed by atoms with van der Waals surface area (Å²) in [5.74, 6) is -0.394. The van der Waals surface area contributed by atoms with Crippen molar-refractivity contribution < 1.29 is 13.2 Å². The minimum absolute atomic E-state index is 0.0957. The molecule has 0 atom stereocenters. The Morgan fingerprint density at radius 3 is 2.54 bits per heavy atom. The predicted octanol–water partition coefficient (Wildman–Crippen LogP) is 1.74. The molecule has 132 valence electrons. The average molecular weight is 352 g/mol. The van der Waals surface area contributed by atoms with Crippen molar-refractivity contribution in [2.45, 2.75) is 26.7 Å². The summed E-state index contributed by atoms with van der Waals surface area (Å²) in [6.45, 7) is 3.78. The standard InChI is InChI=1S/C16H24N4O3S/c1-4-11-20(24(22,23)19(3)12-7-10-17)13-16(21)18-15-9-6-5-8-14(15)2/h5-6,8-9H,4,7,11-13H2,1-3H3,(H,18,21). The molecule has 1 aromatic rings. The largest absolute Gasteiger partial charge is 0.325 e. The number of anilines is 1. The number of rotatable bonds is 9. The van der Waals surface area contributed by atoms with E-state index in [9.17, 15) is 13.2 Å². The van der Waals surface area contributed by atoms with Crippen LogP contribution >= 0.6 is 0 Å². The van der Waals surface area contributed by atoms with Gasteiger partial charge in [0.2, 0.25) is 5.91 Å². The molecule has 0 aromatic heterocycles.